The third kappa shape index (κ3) is 16.2. The van der Waals surface area contributed by atoms with Crippen molar-refractivity contribution in [3.63, 3.8) is 0 Å². The fourth-order valence-electron chi connectivity index (χ4n) is 3.27. The van der Waals surface area contributed by atoms with Crippen molar-refractivity contribution < 1.29 is 4.48 Å². The molecule has 0 aromatic heterocycles. The summed E-state index contributed by atoms with van der Waals surface area (Å²) < 4.78 is 1.22. The summed E-state index contributed by atoms with van der Waals surface area (Å²) in [5.74, 6) is 0. The van der Waals surface area contributed by atoms with Gasteiger partial charge < -0.3 is 4.48 Å². The van der Waals surface area contributed by atoms with Crippen molar-refractivity contribution in [2.75, 3.05) is 27.2 Å². The number of quaternary nitrogens is 1. The summed E-state index contributed by atoms with van der Waals surface area (Å²) >= 11 is 0. The van der Waals surface area contributed by atoms with E-state index in [1.165, 1.54) is 107 Å². The molecule has 128 valence electrons. The lowest BCUT2D eigenvalue weighted by atomic mass is 10.0. The van der Waals surface area contributed by atoms with Crippen molar-refractivity contribution in [2.24, 2.45) is 0 Å². The molecule has 0 saturated carbocycles. The van der Waals surface area contributed by atoms with E-state index in [1.807, 2.05) is 0 Å². The average Bonchev–Trinajstić information content (AvgIpc) is 2.44. The lowest BCUT2D eigenvalue weighted by molar-refractivity contribution is -0.890. The van der Waals surface area contributed by atoms with Crippen LogP contribution in [0.4, 0.5) is 0 Å². The van der Waals surface area contributed by atoms with E-state index >= 15 is 0 Å². The Bertz CT molecular complexity index is 198. The minimum absolute atomic E-state index is 1.22. The highest BCUT2D eigenvalue weighted by atomic mass is 15.3. The zero-order valence-corrected chi connectivity index (χ0v) is 15.8. The summed E-state index contributed by atoms with van der Waals surface area (Å²) in [6.45, 7) is 7.29. The Kier molecular flexibility index (Phi) is 14.9. The van der Waals surface area contributed by atoms with Crippen LogP contribution in [-0.4, -0.2) is 31.7 Å². The van der Waals surface area contributed by atoms with Gasteiger partial charge in [0.15, 0.2) is 0 Å². The molecule has 0 fully saturated rings. The van der Waals surface area contributed by atoms with Crippen LogP contribution in [0.25, 0.3) is 0 Å². The molecule has 0 atom stereocenters. The van der Waals surface area contributed by atoms with Gasteiger partial charge in [-0.15, -0.1) is 0 Å². The van der Waals surface area contributed by atoms with Crippen LogP contribution in [-0.2, 0) is 0 Å². The summed E-state index contributed by atoms with van der Waals surface area (Å²) in [5.41, 5.74) is 0. The molecule has 0 aliphatic carbocycles. The predicted octanol–water partition coefficient (Wildman–Crippen LogP) is 6.56. The van der Waals surface area contributed by atoms with Crippen molar-refractivity contribution >= 4 is 0 Å². The molecule has 0 saturated heterocycles. The van der Waals surface area contributed by atoms with E-state index in [0.29, 0.717) is 0 Å². The fourth-order valence-corrected chi connectivity index (χ4v) is 3.27. The Morgan fingerprint density at radius 3 is 1.19 bits per heavy atom. The summed E-state index contributed by atoms with van der Waals surface area (Å²) in [7, 11) is 4.76. The molecule has 1 nitrogen and oxygen atoms in total. The lowest BCUT2D eigenvalue weighted by Crippen LogP contribution is -2.40. The van der Waals surface area contributed by atoms with Crippen LogP contribution in [0.3, 0.4) is 0 Å². The minimum Gasteiger partial charge on any atom is -0.328 e. The molecule has 0 radical (unpaired) electrons. The molecule has 0 aromatic rings. The minimum atomic E-state index is 1.22. The maximum Gasteiger partial charge on any atom is 0.0782 e. The number of hydrogen-bond donors (Lipinski definition) is 0. The first-order valence-electron chi connectivity index (χ1n) is 9.94. The first-order chi connectivity index (χ1) is 10.1. The third-order valence-electron chi connectivity index (χ3n) is 4.70. The number of unbranched alkanes of at least 4 members (excludes halogenated alkanes) is 12. The van der Waals surface area contributed by atoms with Gasteiger partial charge >= 0.3 is 0 Å². The largest absolute Gasteiger partial charge is 0.328 e. The van der Waals surface area contributed by atoms with E-state index in [9.17, 15) is 0 Å². The van der Waals surface area contributed by atoms with Crippen molar-refractivity contribution in [1.29, 1.82) is 0 Å². The molecule has 1 heteroatoms. The van der Waals surface area contributed by atoms with E-state index < -0.39 is 0 Å². The van der Waals surface area contributed by atoms with Crippen molar-refractivity contribution in [3.8, 4) is 0 Å². The zero-order valence-electron chi connectivity index (χ0n) is 15.8. The number of rotatable bonds is 16. The normalized spacial score (nSPS) is 12.0. The van der Waals surface area contributed by atoms with Gasteiger partial charge in [-0.25, -0.2) is 0 Å². The topological polar surface area (TPSA) is 0 Å². The van der Waals surface area contributed by atoms with Crippen molar-refractivity contribution in [1.82, 2.24) is 0 Å². The molecule has 0 amide bonds. The summed E-state index contributed by atoms with van der Waals surface area (Å²) in [5, 5.41) is 0. The van der Waals surface area contributed by atoms with Gasteiger partial charge in [0, 0.05) is 0 Å². The van der Waals surface area contributed by atoms with Gasteiger partial charge in [-0.05, 0) is 19.3 Å². The van der Waals surface area contributed by atoms with Crippen LogP contribution in [0.1, 0.15) is 104 Å². The summed E-state index contributed by atoms with van der Waals surface area (Å²) in [6, 6.07) is 0. The second-order valence-electron chi connectivity index (χ2n) is 7.63. The molecular formula is C20H44N+. The summed E-state index contributed by atoms with van der Waals surface area (Å²) in [6.07, 6.45) is 20.2. The van der Waals surface area contributed by atoms with Gasteiger partial charge in [-0.1, -0.05) is 84.5 Å². The highest BCUT2D eigenvalue weighted by molar-refractivity contribution is 4.49. The van der Waals surface area contributed by atoms with Crippen LogP contribution in [0.15, 0.2) is 0 Å². The Labute approximate surface area is 136 Å². The molecule has 0 aromatic carbocycles. The monoisotopic (exact) mass is 298 g/mol. The molecule has 0 rings (SSSR count). The van der Waals surface area contributed by atoms with E-state index in [2.05, 4.69) is 27.9 Å². The summed E-state index contributed by atoms with van der Waals surface area (Å²) in [4.78, 5) is 0. The highest BCUT2D eigenvalue weighted by Gasteiger charge is 2.11. The zero-order chi connectivity index (χ0) is 15.8. The molecule has 0 heterocycles. The number of nitrogens with zero attached hydrogens (tertiary/aromatic N) is 1. The van der Waals surface area contributed by atoms with E-state index in [1.54, 1.807) is 0 Å². The molecule has 21 heavy (non-hydrogen) atoms. The molecule has 0 unspecified atom stereocenters. The van der Waals surface area contributed by atoms with Gasteiger partial charge in [-0.2, -0.15) is 0 Å². The molecule has 0 aliphatic rings. The Hall–Kier alpha value is -0.0400. The Balaban J connectivity index is 3.12. The van der Waals surface area contributed by atoms with Gasteiger partial charge in [0.25, 0.3) is 0 Å². The van der Waals surface area contributed by atoms with Crippen LogP contribution in [0.5, 0.6) is 0 Å². The van der Waals surface area contributed by atoms with Crippen molar-refractivity contribution in [2.45, 2.75) is 104 Å². The Morgan fingerprint density at radius 2 is 0.810 bits per heavy atom. The maximum absolute atomic E-state index is 2.38. The maximum atomic E-state index is 2.38. The van der Waals surface area contributed by atoms with E-state index in [-0.39, 0.29) is 0 Å². The van der Waals surface area contributed by atoms with Crippen LogP contribution in [0, 0.1) is 0 Å². The second kappa shape index (κ2) is 14.9. The molecule has 0 N–H and O–H groups in total. The first-order valence-corrected chi connectivity index (χ1v) is 9.94. The average molecular weight is 299 g/mol. The second-order valence-corrected chi connectivity index (χ2v) is 7.63. The SMILES string of the molecule is CCCCCCCCCCCCCCC[N+](C)(C)CCC. The quantitative estimate of drug-likeness (QED) is 0.223. The van der Waals surface area contributed by atoms with Crippen LogP contribution >= 0.6 is 0 Å². The molecule has 0 spiro atoms. The lowest BCUT2D eigenvalue weighted by Gasteiger charge is -2.29. The van der Waals surface area contributed by atoms with Crippen LogP contribution < -0.4 is 0 Å². The van der Waals surface area contributed by atoms with E-state index in [4.69, 9.17) is 0 Å². The van der Waals surface area contributed by atoms with Gasteiger partial charge in [-0.3, -0.25) is 0 Å². The highest BCUT2D eigenvalue weighted by Crippen LogP contribution is 2.13. The molecule has 0 aliphatic heterocycles. The van der Waals surface area contributed by atoms with Gasteiger partial charge in [0.05, 0.1) is 27.2 Å². The standard InChI is InChI=1S/C20H44N/c1-5-7-8-9-10-11-12-13-14-15-16-17-18-20-21(3,4)19-6-2/h5-20H2,1-4H3/q+1. The van der Waals surface area contributed by atoms with Crippen molar-refractivity contribution in [3.05, 3.63) is 0 Å². The van der Waals surface area contributed by atoms with Gasteiger partial charge in [0.2, 0.25) is 0 Å². The smallest absolute Gasteiger partial charge is 0.0782 e. The van der Waals surface area contributed by atoms with Gasteiger partial charge in [0.1, 0.15) is 0 Å². The number of hydrogen-bond acceptors (Lipinski definition) is 0. The molecular weight excluding hydrogens is 254 g/mol. The fraction of sp³-hybridized carbons (Fsp3) is 1.00. The van der Waals surface area contributed by atoms with E-state index in [0.717, 1.165) is 0 Å². The van der Waals surface area contributed by atoms with Crippen LogP contribution in [0.2, 0.25) is 0 Å². The third-order valence-corrected chi connectivity index (χ3v) is 4.70. The Morgan fingerprint density at radius 1 is 0.429 bits per heavy atom. The predicted molar refractivity (Wildman–Crippen MR) is 97.8 cm³/mol. The first kappa shape index (κ1) is 21.0. The molecule has 0 bridgehead atoms.